The average molecular weight is 671 g/mol. The number of hydrogen-bond donors (Lipinski definition) is 1. The second-order valence-electron chi connectivity index (χ2n) is 13.2. The number of aliphatic imine (C=N–C) groups is 3. The molecular weight excluding hydrogens is 634 g/mol. The number of halogens is 6. The number of anilines is 1. The minimum absolute atomic E-state index is 0.0384. The van der Waals surface area contributed by atoms with E-state index in [4.69, 9.17) is 0 Å². The Morgan fingerprint density at radius 3 is 2.48 bits per heavy atom. The highest BCUT2D eigenvalue weighted by molar-refractivity contribution is 6.15. The van der Waals surface area contributed by atoms with Gasteiger partial charge in [-0.25, -0.2) is 0 Å². The molecule has 4 atom stereocenters. The Labute approximate surface area is 274 Å². The fourth-order valence-electron chi connectivity index (χ4n) is 6.87. The molecule has 3 aliphatic carbocycles. The Kier molecular flexibility index (Phi) is 9.21. The summed E-state index contributed by atoms with van der Waals surface area (Å²) in [5, 5.41) is 2.88. The molecule has 0 bridgehead atoms. The van der Waals surface area contributed by atoms with E-state index in [-0.39, 0.29) is 60.7 Å². The van der Waals surface area contributed by atoms with Gasteiger partial charge in [-0.3, -0.25) is 24.6 Å². The first-order valence-corrected chi connectivity index (χ1v) is 16.2. The summed E-state index contributed by atoms with van der Waals surface area (Å²) < 4.78 is 82.8. The highest BCUT2D eigenvalue weighted by Gasteiger charge is 2.51. The van der Waals surface area contributed by atoms with Gasteiger partial charge < -0.3 is 5.32 Å². The third kappa shape index (κ3) is 7.63. The van der Waals surface area contributed by atoms with E-state index in [2.05, 4.69) is 20.3 Å². The van der Waals surface area contributed by atoms with Gasteiger partial charge in [-0.2, -0.15) is 26.3 Å². The lowest BCUT2D eigenvalue weighted by Crippen LogP contribution is -2.25. The van der Waals surface area contributed by atoms with Gasteiger partial charge in [-0.05, 0) is 99.5 Å². The maximum absolute atomic E-state index is 14.1. The number of allylic oxidation sites excluding steroid dienone is 6. The second-order valence-corrected chi connectivity index (χ2v) is 13.2. The number of ketones is 1. The predicted octanol–water partition coefficient (Wildman–Crippen LogP) is 8.57. The van der Waals surface area contributed by atoms with Crippen LogP contribution in [0.5, 0.6) is 0 Å². The molecule has 0 aromatic heterocycles. The zero-order chi connectivity index (χ0) is 34.4. The number of amides is 1. The largest absolute Gasteiger partial charge is 0.429 e. The number of carbonyl (C=O) groups excluding carboxylic acids is 2. The number of rotatable bonds is 9. The topological polar surface area (TPSA) is 83.2 Å². The van der Waals surface area contributed by atoms with Crippen molar-refractivity contribution in [2.45, 2.75) is 89.8 Å². The van der Waals surface area contributed by atoms with E-state index in [1.165, 1.54) is 24.4 Å². The number of Topliss-reactive ketones (excluding diaryl/α,β-unsaturated/α-hetero) is 1. The number of hydrogen-bond acceptors (Lipinski definition) is 5. The normalized spacial score (nSPS) is 25.7. The summed E-state index contributed by atoms with van der Waals surface area (Å²) in [4.78, 5) is 40.2. The van der Waals surface area contributed by atoms with E-state index in [1.807, 2.05) is 13.0 Å². The van der Waals surface area contributed by atoms with Crippen LogP contribution in [-0.2, 0) is 4.79 Å². The molecule has 1 N–H and O–H groups in total. The molecule has 5 aliphatic rings. The van der Waals surface area contributed by atoms with Crippen LogP contribution in [0.3, 0.4) is 0 Å². The fraction of sp³-hybridized carbons (Fsp3) is 0.472. The molecule has 0 spiro atoms. The summed E-state index contributed by atoms with van der Waals surface area (Å²) in [6.07, 6.45) is 0.231. The van der Waals surface area contributed by atoms with Crippen LogP contribution in [0.25, 0.3) is 0 Å². The van der Waals surface area contributed by atoms with E-state index in [0.717, 1.165) is 30.9 Å². The van der Waals surface area contributed by atoms with Crippen LogP contribution in [0, 0.1) is 31.6 Å². The van der Waals surface area contributed by atoms with Gasteiger partial charge in [0.05, 0.1) is 17.3 Å². The molecule has 2 saturated carbocycles. The maximum atomic E-state index is 14.1. The smallest absolute Gasteiger partial charge is 0.321 e. The van der Waals surface area contributed by atoms with Crippen molar-refractivity contribution in [1.29, 1.82) is 0 Å². The molecule has 48 heavy (non-hydrogen) atoms. The fourth-order valence-corrected chi connectivity index (χ4v) is 6.87. The van der Waals surface area contributed by atoms with E-state index in [1.54, 1.807) is 19.1 Å². The van der Waals surface area contributed by atoms with Gasteiger partial charge in [-0.1, -0.05) is 30.4 Å². The third-order valence-electron chi connectivity index (χ3n) is 9.43. The monoisotopic (exact) mass is 670 g/mol. The molecule has 6 nitrogen and oxygen atoms in total. The SMILES string of the molecule is Cc1cc(C)c(NC(=O)C2=CC(CC3N=CCCC(C(F)(F)F)=N3)=NC2CC2=CCC=CC=C2C(F)(F)F)c(C(=O)C2CC2C2CC2)c1. The van der Waals surface area contributed by atoms with Crippen molar-refractivity contribution >= 4 is 35.0 Å². The van der Waals surface area contributed by atoms with Gasteiger partial charge in [0, 0.05) is 35.4 Å². The number of aryl methyl sites for hydroxylation is 2. The van der Waals surface area contributed by atoms with E-state index >= 15 is 0 Å². The van der Waals surface area contributed by atoms with Crippen LogP contribution in [0.15, 0.2) is 74.2 Å². The second kappa shape index (κ2) is 13.1. The number of benzene rings is 1. The molecule has 2 aliphatic heterocycles. The summed E-state index contributed by atoms with van der Waals surface area (Å²) in [6.45, 7) is 3.64. The first-order chi connectivity index (χ1) is 22.7. The lowest BCUT2D eigenvalue weighted by Gasteiger charge is -2.20. The lowest BCUT2D eigenvalue weighted by atomic mass is 9.93. The van der Waals surface area contributed by atoms with Crippen molar-refractivity contribution in [3.05, 3.63) is 75.9 Å². The van der Waals surface area contributed by atoms with Crippen molar-refractivity contribution < 1.29 is 35.9 Å². The molecule has 1 amide bonds. The average Bonchev–Trinajstić information content (AvgIpc) is 3.89. The van der Waals surface area contributed by atoms with E-state index < -0.39 is 41.8 Å². The van der Waals surface area contributed by atoms with Crippen molar-refractivity contribution in [3.63, 3.8) is 0 Å². The van der Waals surface area contributed by atoms with Gasteiger partial charge in [0.25, 0.3) is 5.91 Å². The quantitative estimate of drug-likeness (QED) is 0.211. The minimum atomic E-state index is -4.66. The molecular formula is C36H36F6N4O2. The molecule has 2 fully saturated rings. The summed E-state index contributed by atoms with van der Waals surface area (Å²) >= 11 is 0. The molecule has 0 radical (unpaired) electrons. The summed E-state index contributed by atoms with van der Waals surface area (Å²) in [5.74, 6) is 0.131. The first kappa shape index (κ1) is 33.8. The van der Waals surface area contributed by atoms with Crippen LogP contribution in [0.2, 0.25) is 0 Å². The van der Waals surface area contributed by atoms with Gasteiger partial charge >= 0.3 is 12.4 Å². The van der Waals surface area contributed by atoms with Gasteiger partial charge in [0.2, 0.25) is 0 Å². The van der Waals surface area contributed by atoms with Crippen molar-refractivity contribution in [2.24, 2.45) is 32.7 Å². The molecule has 254 valence electrons. The van der Waals surface area contributed by atoms with Gasteiger partial charge in [0.1, 0.15) is 11.9 Å². The molecule has 1 aromatic rings. The molecule has 12 heteroatoms. The first-order valence-electron chi connectivity index (χ1n) is 16.2. The molecule has 2 heterocycles. The Morgan fingerprint density at radius 1 is 1.00 bits per heavy atom. The Morgan fingerprint density at radius 2 is 1.77 bits per heavy atom. The number of alkyl halides is 6. The molecule has 1 aromatic carbocycles. The van der Waals surface area contributed by atoms with E-state index in [9.17, 15) is 35.9 Å². The Bertz CT molecular complexity index is 1720. The zero-order valence-electron chi connectivity index (χ0n) is 26.6. The van der Waals surface area contributed by atoms with Crippen LogP contribution in [-0.4, -0.2) is 53.9 Å². The van der Waals surface area contributed by atoms with Gasteiger partial charge in [0.15, 0.2) is 5.78 Å². The summed E-state index contributed by atoms with van der Waals surface area (Å²) in [7, 11) is 0. The predicted molar refractivity (Wildman–Crippen MR) is 173 cm³/mol. The summed E-state index contributed by atoms with van der Waals surface area (Å²) in [6, 6.07) is 2.52. The van der Waals surface area contributed by atoms with Gasteiger partial charge in [-0.15, -0.1) is 0 Å². The zero-order valence-corrected chi connectivity index (χ0v) is 26.6. The highest BCUT2D eigenvalue weighted by Crippen LogP contribution is 2.55. The highest BCUT2D eigenvalue weighted by atomic mass is 19.4. The van der Waals surface area contributed by atoms with Crippen LogP contribution in [0.4, 0.5) is 32.0 Å². The van der Waals surface area contributed by atoms with Crippen LogP contribution in [0.1, 0.15) is 72.9 Å². The number of nitrogens with zero attached hydrogens (tertiary/aromatic N) is 3. The summed E-state index contributed by atoms with van der Waals surface area (Å²) in [5.41, 5.74) is 0.632. The van der Waals surface area contributed by atoms with Crippen molar-refractivity contribution in [1.82, 2.24) is 0 Å². The standard InChI is InChI=1S/C36H36F6N4O2/c1-19-13-20(2)32(27(14-19)33(47)25-18-24(25)21-10-11-21)46-34(48)26-16-23(17-31-43-12-6-9-30(45-31)36(40,41)42)44-29(26)15-22-7-4-3-5-8-28(22)35(37,38)39/h3,5,7-8,12-14,16,21,24-25,29,31H,4,6,9-11,15,17-18H2,1-2H3,(H,46,48). The number of carbonyl (C=O) groups is 2. The van der Waals surface area contributed by atoms with E-state index in [0.29, 0.717) is 28.7 Å². The molecule has 0 saturated heterocycles. The lowest BCUT2D eigenvalue weighted by molar-refractivity contribution is -0.113. The van der Waals surface area contributed by atoms with Crippen molar-refractivity contribution in [2.75, 3.05) is 5.32 Å². The van der Waals surface area contributed by atoms with Crippen LogP contribution < -0.4 is 5.32 Å². The molecule has 6 rings (SSSR count). The number of nitrogens with one attached hydrogen (secondary N) is 1. The van der Waals surface area contributed by atoms with Crippen molar-refractivity contribution in [3.8, 4) is 0 Å². The minimum Gasteiger partial charge on any atom is -0.321 e. The Balaban J connectivity index is 1.31. The maximum Gasteiger partial charge on any atom is 0.429 e. The van der Waals surface area contributed by atoms with Crippen LogP contribution >= 0.6 is 0 Å². The molecule has 4 unspecified atom stereocenters. The third-order valence-corrected chi connectivity index (χ3v) is 9.43. The Hall–Kier alpha value is -4.09.